The number of esters is 1. The molecule has 1 saturated heterocycles. The summed E-state index contributed by atoms with van der Waals surface area (Å²) in [6.45, 7) is 8.49. The zero-order chi connectivity index (χ0) is 13.2. The second-order valence-electron chi connectivity index (χ2n) is 6.45. The highest BCUT2D eigenvalue weighted by Gasteiger charge is 2.52. The number of hydrogen-bond donors (Lipinski definition) is 1. The Bertz CT molecular complexity index is 309. The van der Waals surface area contributed by atoms with Crippen LogP contribution in [0.1, 0.15) is 39.5 Å². The molecule has 1 aliphatic heterocycles. The first-order valence-electron chi connectivity index (χ1n) is 7.04. The minimum Gasteiger partial charge on any atom is -0.468 e. The molecular formula is C14H26N2O2. The van der Waals surface area contributed by atoms with Crippen LogP contribution in [0, 0.1) is 5.41 Å². The van der Waals surface area contributed by atoms with Gasteiger partial charge in [0.25, 0.3) is 0 Å². The second kappa shape index (κ2) is 5.17. The zero-order valence-corrected chi connectivity index (χ0v) is 11.9. The van der Waals surface area contributed by atoms with Gasteiger partial charge in [-0.3, -0.25) is 9.69 Å². The number of carbonyl (C=O) groups excluding carboxylic acids is 1. The van der Waals surface area contributed by atoms with Crippen LogP contribution in [-0.2, 0) is 9.53 Å². The lowest BCUT2D eigenvalue weighted by molar-refractivity contribution is -0.155. The largest absolute Gasteiger partial charge is 0.468 e. The van der Waals surface area contributed by atoms with Gasteiger partial charge >= 0.3 is 5.97 Å². The normalized spacial score (nSPS) is 33.1. The number of ether oxygens (including phenoxy) is 1. The Balaban J connectivity index is 2.22. The van der Waals surface area contributed by atoms with Gasteiger partial charge in [0.15, 0.2) is 0 Å². The van der Waals surface area contributed by atoms with Gasteiger partial charge in [0.2, 0.25) is 0 Å². The van der Waals surface area contributed by atoms with Crippen molar-refractivity contribution >= 4 is 5.97 Å². The lowest BCUT2D eigenvalue weighted by Crippen LogP contribution is -2.55. The van der Waals surface area contributed by atoms with E-state index in [-0.39, 0.29) is 16.9 Å². The van der Waals surface area contributed by atoms with E-state index in [0.717, 1.165) is 51.9 Å². The number of nitrogens with zero attached hydrogens (tertiary/aromatic N) is 1. The number of nitrogens with one attached hydrogen (secondary N) is 1. The molecule has 2 aliphatic rings. The third kappa shape index (κ3) is 2.54. The summed E-state index contributed by atoms with van der Waals surface area (Å²) in [4.78, 5) is 14.7. The summed E-state index contributed by atoms with van der Waals surface area (Å²) in [5.41, 5.74) is -0.127. The number of methoxy groups -OCH3 is 1. The highest BCUT2D eigenvalue weighted by Crippen LogP contribution is 2.47. The Hall–Kier alpha value is -0.610. The Morgan fingerprint density at radius 2 is 2.00 bits per heavy atom. The fraction of sp³-hybridized carbons (Fsp3) is 0.929. The van der Waals surface area contributed by atoms with Gasteiger partial charge in [-0.25, -0.2) is 0 Å². The topological polar surface area (TPSA) is 41.6 Å². The summed E-state index contributed by atoms with van der Waals surface area (Å²) in [6.07, 6.45) is 4.07. The molecular weight excluding hydrogens is 228 g/mol. The molecule has 4 nitrogen and oxygen atoms in total. The first-order chi connectivity index (χ1) is 8.50. The van der Waals surface area contributed by atoms with Crippen LogP contribution in [0.15, 0.2) is 0 Å². The van der Waals surface area contributed by atoms with Gasteiger partial charge in [0, 0.05) is 19.6 Å². The van der Waals surface area contributed by atoms with Gasteiger partial charge < -0.3 is 10.1 Å². The summed E-state index contributed by atoms with van der Waals surface area (Å²) >= 11 is 0. The third-order valence-corrected chi connectivity index (χ3v) is 4.50. The SMILES string of the molecule is COC(=O)C1(N2CCCNCC2)CCC(C)(C)C1. The molecule has 0 bridgehead atoms. The van der Waals surface area contributed by atoms with Gasteiger partial charge in [-0.1, -0.05) is 13.8 Å². The molecule has 2 rings (SSSR count). The van der Waals surface area contributed by atoms with Gasteiger partial charge in [-0.2, -0.15) is 0 Å². The van der Waals surface area contributed by atoms with Crippen LogP contribution in [0.5, 0.6) is 0 Å². The van der Waals surface area contributed by atoms with Crippen LogP contribution in [0.4, 0.5) is 0 Å². The monoisotopic (exact) mass is 254 g/mol. The molecule has 4 heteroatoms. The van der Waals surface area contributed by atoms with E-state index in [1.165, 1.54) is 7.11 Å². The van der Waals surface area contributed by atoms with Crippen molar-refractivity contribution in [3.05, 3.63) is 0 Å². The molecule has 1 heterocycles. The molecule has 0 radical (unpaired) electrons. The maximum absolute atomic E-state index is 12.4. The van der Waals surface area contributed by atoms with Gasteiger partial charge in [-0.05, 0) is 37.6 Å². The summed E-state index contributed by atoms with van der Waals surface area (Å²) in [5, 5.41) is 3.40. The molecule has 1 unspecified atom stereocenters. The predicted molar refractivity (Wildman–Crippen MR) is 71.4 cm³/mol. The number of hydrogen-bond acceptors (Lipinski definition) is 4. The lowest BCUT2D eigenvalue weighted by atomic mass is 9.86. The molecule has 2 fully saturated rings. The quantitative estimate of drug-likeness (QED) is 0.756. The Morgan fingerprint density at radius 1 is 1.22 bits per heavy atom. The van der Waals surface area contributed by atoms with Crippen molar-refractivity contribution in [2.45, 2.75) is 45.1 Å². The maximum atomic E-state index is 12.4. The molecule has 0 spiro atoms. The van der Waals surface area contributed by atoms with Crippen molar-refractivity contribution in [2.75, 3.05) is 33.3 Å². The van der Waals surface area contributed by atoms with Crippen molar-refractivity contribution in [1.82, 2.24) is 10.2 Å². The molecule has 18 heavy (non-hydrogen) atoms. The second-order valence-corrected chi connectivity index (χ2v) is 6.45. The van der Waals surface area contributed by atoms with Crippen molar-refractivity contribution in [1.29, 1.82) is 0 Å². The van der Waals surface area contributed by atoms with Crippen LogP contribution < -0.4 is 5.32 Å². The number of rotatable bonds is 2. The molecule has 104 valence electrons. The minimum atomic E-state index is -0.371. The standard InChI is InChI=1S/C14H26N2O2/c1-13(2)5-6-14(11-13,12(17)18-3)16-9-4-7-15-8-10-16/h15H,4-11H2,1-3H3. The fourth-order valence-electron chi connectivity index (χ4n) is 3.55. The molecule has 1 atom stereocenters. The number of carbonyl (C=O) groups is 1. The van der Waals surface area contributed by atoms with E-state index in [0.29, 0.717) is 0 Å². The molecule has 1 aliphatic carbocycles. The van der Waals surface area contributed by atoms with E-state index in [4.69, 9.17) is 4.74 Å². The molecule has 0 amide bonds. The van der Waals surface area contributed by atoms with Crippen molar-refractivity contribution < 1.29 is 9.53 Å². The van der Waals surface area contributed by atoms with Crippen LogP contribution >= 0.6 is 0 Å². The van der Waals surface area contributed by atoms with Crippen LogP contribution in [-0.4, -0.2) is 49.7 Å². The minimum absolute atomic E-state index is 0.0324. The van der Waals surface area contributed by atoms with Gasteiger partial charge in [0.05, 0.1) is 7.11 Å². The van der Waals surface area contributed by atoms with Gasteiger partial charge in [-0.15, -0.1) is 0 Å². The van der Waals surface area contributed by atoms with Crippen molar-refractivity contribution in [3.63, 3.8) is 0 Å². The average molecular weight is 254 g/mol. The highest BCUT2D eigenvalue weighted by molar-refractivity contribution is 5.81. The zero-order valence-electron chi connectivity index (χ0n) is 11.9. The Kier molecular flexibility index (Phi) is 3.97. The third-order valence-electron chi connectivity index (χ3n) is 4.50. The molecule has 0 aromatic rings. The van der Waals surface area contributed by atoms with Crippen LogP contribution in [0.25, 0.3) is 0 Å². The van der Waals surface area contributed by atoms with E-state index in [1.54, 1.807) is 0 Å². The first-order valence-corrected chi connectivity index (χ1v) is 7.04. The molecule has 1 saturated carbocycles. The molecule has 1 N–H and O–H groups in total. The maximum Gasteiger partial charge on any atom is 0.326 e. The van der Waals surface area contributed by atoms with Crippen LogP contribution in [0.3, 0.4) is 0 Å². The van der Waals surface area contributed by atoms with E-state index >= 15 is 0 Å². The van der Waals surface area contributed by atoms with E-state index in [1.807, 2.05) is 0 Å². The van der Waals surface area contributed by atoms with Gasteiger partial charge in [0.1, 0.15) is 5.54 Å². The summed E-state index contributed by atoms with van der Waals surface area (Å²) < 4.78 is 5.12. The van der Waals surface area contributed by atoms with E-state index in [2.05, 4.69) is 24.1 Å². The molecule has 0 aromatic carbocycles. The van der Waals surface area contributed by atoms with E-state index in [9.17, 15) is 4.79 Å². The van der Waals surface area contributed by atoms with Crippen molar-refractivity contribution in [3.8, 4) is 0 Å². The van der Waals surface area contributed by atoms with E-state index < -0.39 is 0 Å². The summed E-state index contributed by atoms with van der Waals surface area (Å²) in [6, 6.07) is 0. The summed E-state index contributed by atoms with van der Waals surface area (Å²) in [5.74, 6) is -0.0324. The average Bonchev–Trinajstić information content (AvgIpc) is 2.57. The van der Waals surface area contributed by atoms with Crippen molar-refractivity contribution in [2.24, 2.45) is 5.41 Å². The first kappa shape index (κ1) is 13.8. The fourth-order valence-corrected chi connectivity index (χ4v) is 3.55. The van der Waals surface area contributed by atoms with Crippen LogP contribution in [0.2, 0.25) is 0 Å². The lowest BCUT2D eigenvalue weighted by Gasteiger charge is -2.39. The predicted octanol–water partition coefficient (Wildman–Crippen LogP) is 1.40. The molecule has 0 aromatic heterocycles. The highest BCUT2D eigenvalue weighted by atomic mass is 16.5. The Morgan fingerprint density at radius 3 is 2.61 bits per heavy atom. The summed E-state index contributed by atoms with van der Waals surface area (Å²) in [7, 11) is 1.52. The Labute approximate surface area is 110 Å². The smallest absolute Gasteiger partial charge is 0.326 e.